The highest BCUT2D eigenvalue weighted by molar-refractivity contribution is 6.12. The molecular weight excluding hydrogens is 298 g/mol. The molecule has 0 aromatic carbocycles. The molecule has 132 valence electrons. The van der Waals surface area contributed by atoms with E-state index in [1.165, 1.54) is 62.0 Å². The van der Waals surface area contributed by atoms with Gasteiger partial charge in [-0.05, 0) is 49.4 Å². The van der Waals surface area contributed by atoms with Gasteiger partial charge in [0, 0.05) is 18.7 Å². The van der Waals surface area contributed by atoms with Crippen LogP contribution in [0.2, 0.25) is 0 Å². The summed E-state index contributed by atoms with van der Waals surface area (Å²) >= 11 is 0. The molecular formula is C21H31NO2. The summed E-state index contributed by atoms with van der Waals surface area (Å²) in [4.78, 5) is 24.3. The second-order valence-electron chi connectivity index (χ2n) is 7.78. The Balaban J connectivity index is 1.27. The third-order valence-corrected chi connectivity index (χ3v) is 6.24. The second-order valence-corrected chi connectivity index (χ2v) is 7.78. The third kappa shape index (κ3) is 3.81. The van der Waals surface area contributed by atoms with Gasteiger partial charge in [0.2, 0.25) is 0 Å². The molecule has 1 fully saturated rings. The standard InChI is InChI=1S/C21H31NO2/c1-2-8-18-16-10-11-17(15-16)19(18)9-6-4-3-5-7-14-22-20(23)12-13-21(22)24/h10-13,16-19H,2-9,14-15H2,1H3. The number of hydrogen-bond acceptors (Lipinski definition) is 2. The molecule has 0 radical (unpaired) electrons. The molecule has 4 atom stereocenters. The Kier molecular flexibility index (Phi) is 5.91. The van der Waals surface area contributed by atoms with Crippen LogP contribution in [0.1, 0.15) is 64.7 Å². The highest BCUT2D eigenvalue weighted by atomic mass is 16.2. The maximum absolute atomic E-state index is 11.5. The van der Waals surface area contributed by atoms with E-state index < -0.39 is 0 Å². The van der Waals surface area contributed by atoms with Gasteiger partial charge < -0.3 is 0 Å². The van der Waals surface area contributed by atoms with Crippen LogP contribution < -0.4 is 0 Å². The number of allylic oxidation sites excluding steroid dienone is 2. The first kappa shape index (κ1) is 17.4. The van der Waals surface area contributed by atoms with Gasteiger partial charge in [-0.1, -0.05) is 51.2 Å². The number of carbonyl (C=O) groups is 2. The van der Waals surface area contributed by atoms with E-state index in [0.717, 1.165) is 36.5 Å². The normalized spacial score (nSPS) is 31.0. The minimum Gasteiger partial charge on any atom is -0.275 e. The predicted molar refractivity (Wildman–Crippen MR) is 96.2 cm³/mol. The molecule has 0 aromatic rings. The van der Waals surface area contributed by atoms with Gasteiger partial charge in [-0.25, -0.2) is 0 Å². The summed E-state index contributed by atoms with van der Waals surface area (Å²) in [5.41, 5.74) is 0. The molecule has 2 amide bonds. The number of nitrogens with zero attached hydrogens (tertiary/aromatic N) is 1. The summed E-state index contributed by atoms with van der Waals surface area (Å²) in [5, 5.41) is 0. The van der Waals surface area contributed by atoms with Crippen LogP contribution >= 0.6 is 0 Å². The number of hydrogen-bond donors (Lipinski definition) is 0. The van der Waals surface area contributed by atoms with Crippen molar-refractivity contribution >= 4 is 11.8 Å². The van der Waals surface area contributed by atoms with E-state index in [1.807, 2.05) is 0 Å². The summed E-state index contributed by atoms with van der Waals surface area (Å²) in [6, 6.07) is 0. The molecule has 4 unspecified atom stereocenters. The summed E-state index contributed by atoms with van der Waals surface area (Å²) < 4.78 is 0. The zero-order chi connectivity index (χ0) is 16.9. The molecule has 0 saturated heterocycles. The summed E-state index contributed by atoms with van der Waals surface area (Å²) in [6.07, 6.45) is 19.2. The number of fused-ring (bicyclic) bond motifs is 2. The summed E-state index contributed by atoms with van der Waals surface area (Å²) in [6.45, 7) is 2.90. The van der Waals surface area contributed by atoms with Crippen LogP contribution in [0, 0.1) is 23.7 Å². The van der Waals surface area contributed by atoms with Gasteiger partial charge in [-0.2, -0.15) is 0 Å². The Morgan fingerprint density at radius 2 is 1.46 bits per heavy atom. The largest absolute Gasteiger partial charge is 0.275 e. The molecule has 24 heavy (non-hydrogen) atoms. The topological polar surface area (TPSA) is 37.4 Å². The minimum absolute atomic E-state index is 0.147. The highest BCUT2D eigenvalue weighted by Crippen LogP contribution is 2.51. The van der Waals surface area contributed by atoms with Gasteiger partial charge in [-0.3, -0.25) is 14.5 Å². The van der Waals surface area contributed by atoms with E-state index in [4.69, 9.17) is 0 Å². The fourth-order valence-electron chi connectivity index (χ4n) is 5.05. The van der Waals surface area contributed by atoms with Gasteiger partial charge in [0.05, 0.1) is 0 Å². The van der Waals surface area contributed by atoms with Gasteiger partial charge in [0.1, 0.15) is 0 Å². The van der Waals surface area contributed by atoms with Crippen molar-refractivity contribution in [3.8, 4) is 0 Å². The van der Waals surface area contributed by atoms with E-state index in [-0.39, 0.29) is 11.8 Å². The molecule has 3 heteroatoms. The molecule has 3 nitrogen and oxygen atoms in total. The van der Waals surface area contributed by atoms with Gasteiger partial charge in [-0.15, -0.1) is 0 Å². The first-order chi connectivity index (χ1) is 11.7. The third-order valence-electron chi connectivity index (χ3n) is 6.24. The van der Waals surface area contributed by atoms with Crippen LogP contribution in [-0.4, -0.2) is 23.3 Å². The Morgan fingerprint density at radius 1 is 0.875 bits per heavy atom. The van der Waals surface area contributed by atoms with Crippen molar-refractivity contribution in [1.82, 2.24) is 4.90 Å². The van der Waals surface area contributed by atoms with Gasteiger partial charge in [0.15, 0.2) is 0 Å². The Bertz CT molecular complexity index is 504. The van der Waals surface area contributed by atoms with Crippen LogP contribution in [0.25, 0.3) is 0 Å². The molecule has 1 saturated carbocycles. The van der Waals surface area contributed by atoms with E-state index in [2.05, 4.69) is 19.1 Å². The van der Waals surface area contributed by atoms with Crippen molar-refractivity contribution < 1.29 is 9.59 Å². The van der Waals surface area contributed by atoms with Crippen molar-refractivity contribution in [2.45, 2.75) is 64.7 Å². The van der Waals surface area contributed by atoms with E-state index in [9.17, 15) is 9.59 Å². The zero-order valence-corrected chi connectivity index (χ0v) is 15.0. The van der Waals surface area contributed by atoms with Crippen molar-refractivity contribution in [2.75, 3.05) is 6.54 Å². The van der Waals surface area contributed by atoms with E-state index >= 15 is 0 Å². The van der Waals surface area contributed by atoms with Crippen LogP contribution in [0.4, 0.5) is 0 Å². The molecule has 2 aliphatic carbocycles. The first-order valence-corrected chi connectivity index (χ1v) is 9.92. The second kappa shape index (κ2) is 8.13. The van der Waals surface area contributed by atoms with Crippen molar-refractivity contribution in [3.05, 3.63) is 24.3 Å². The minimum atomic E-state index is -0.147. The highest BCUT2D eigenvalue weighted by Gasteiger charge is 2.42. The van der Waals surface area contributed by atoms with Crippen molar-refractivity contribution in [1.29, 1.82) is 0 Å². The monoisotopic (exact) mass is 329 g/mol. The van der Waals surface area contributed by atoms with Crippen molar-refractivity contribution in [3.63, 3.8) is 0 Å². The SMILES string of the molecule is CCCC1C2C=CC(C2)C1CCCCCCCN1C(=O)C=CC1=O. The van der Waals surface area contributed by atoms with Crippen LogP contribution in [0.15, 0.2) is 24.3 Å². The lowest BCUT2D eigenvalue weighted by molar-refractivity contribution is -0.136. The quantitative estimate of drug-likeness (QED) is 0.336. The van der Waals surface area contributed by atoms with Gasteiger partial charge >= 0.3 is 0 Å². The fraction of sp³-hybridized carbons (Fsp3) is 0.714. The fourth-order valence-corrected chi connectivity index (χ4v) is 5.05. The number of imide groups is 1. The number of carbonyl (C=O) groups excluding carboxylic acids is 2. The van der Waals surface area contributed by atoms with E-state index in [0.29, 0.717) is 6.54 Å². The molecule has 3 aliphatic rings. The van der Waals surface area contributed by atoms with Crippen LogP contribution in [0.5, 0.6) is 0 Å². The first-order valence-electron chi connectivity index (χ1n) is 9.92. The molecule has 0 spiro atoms. The zero-order valence-electron chi connectivity index (χ0n) is 15.0. The lowest BCUT2D eigenvalue weighted by Crippen LogP contribution is -2.30. The average molecular weight is 329 g/mol. The van der Waals surface area contributed by atoms with E-state index in [1.54, 1.807) is 0 Å². The van der Waals surface area contributed by atoms with Crippen molar-refractivity contribution in [2.24, 2.45) is 23.7 Å². The average Bonchev–Trinajstić information content (AvgIpc) is 3.25. The Morgan fingerprint density at radius 3 is 2.12 bits per heavy atom. The molecule has 3 rings (SSSR count). The van der Waals surface area contributed by atoms with Crippen LogP contribution in [-0.2, 0) is 9.59 Å². The lowest BCUT2D eigenvalue weighted by Gasteiger charge is -2.28. The Hall–Kier alpha value is -1.38. The maximum atomic E-state index is 11.5. The smallest absolute Gasteiger partial charge is 0.253 e. The summed E-state index contributed by atoms with van der Waals surface area (Å²) in [5.74, 6) is 3.34. The molecule has 0 aromatic heterocycles. The summed E-state index contributed by atoms with van der Waals surface area (Å²) in [7, 11) is 0. The lowest BCUT2D eigenvalue weighted by atomic mass is 9.77. The van der Waals surface area contributed by atoms with Crippen LogP contribution in [0.3, 0.4) is 0 Å². The molecule has 0 N–H and O–H groups in total. The molecule has 1 heterocycles. The molecule has 2 bridgehead atoms. The molecule has 1 aliphatic heterocycles. The number of amides is 2. The maximum Gasteiger partial charge on any atom is 0.253 e. The van der Waals surface area contributed by atoms with Gasteiger partial charge in [0.25, 0.3) is 11.8 Å². The number of rotatable bonds is 10. The Labute approximate surface area is 146 Å². The number of unbranched alkanes of at least 4 members (excludes halogenated alkanes) is 4. The predicted octanol–water partition coefficient (Wildman–Crippen LogP) is 4.49.